The molecule has 0 aliphatic heterocycles. The molecule has 0 saturated carbocycles. The third-order valence-electron chi connectivity index (χ3n) is 3.46. The Morgan fingerprint density at radius 1 is 1.04 bits per heavy atom. The quantitative estimate of drug-likeness (QED) is 0.449. The lowest BCUT2D eigenvalue weighted by atomic mass is 9.96. The van der Waals surface area contributed by atoms with Gasteiger partial charge < -0.3 is 21.7 Å². The number of carbonyl (C=O) groups is 3. The summed E-state index contributed by atoms with van der Waals surface area (Å²) in [5, 5.41) is 8.26. The van der Waals surface area contributed by atoms with Gasteiger partial charge in [0.25, 0.3) is 0 Å². The maximum absolute atomic E-state index is 12.3. The fraction of sp³-hybridized carbons (Fsp3) is 0.824. The van der Waals surface area contributed by atoms with Crippen molar-refractivity contribution in [2.45, 2.75) is 66.5 Å². The van der Waals surface area contributed by atoms with E-state index in [9.17, 15) is 14.4 Å². The van der Waals surface area contributed by atoms with E-state index in [-0.39, 0.29) is 29.6 Å². The summed E-state index contributed by atoms with van der Waals surface area (Å²) in [7, 11) is 1.72. The van der Waals surface area contributed by atoms with E-state index >= 15 is 0 Å². The number of likely N-dealkylation sites (N-methyl/N-ethyl adjacent to an activating group) is 1. The lowest BCUT2D eigenvalue weighted by molar-refractivity contribution is -0.131. The number of hydrogen-bond donors (Lipinski definition) is 4. The van der Waals surface area contributed by atoms with Crippen LogP contribution in [0.15, 0.2) is 0 Å². The van der Waals surface area contributed by atoms with Crippen molar-refractivity contribution >= 4 is 17.7 Å². The standard InChI is InChI=1S/C15H30N4O3.C2H6/c1-9(2)12(17-5)14(21)19-11(13(20)10(3)4)7-6-8-18-15(16)22;1-2/h9-12,17H,6-8H2,1-5H3,(H,19,21)(H3,16,18,22);1-2H3. The number of rotatable bonds is 10. The van der Waals surface area contributed by atoms with Gasteiger partial charge in [0.2, 0.25) is 5.91 Å². The van der Waals surface area contributed by atoms with Crippen LogP contribution in [0.3, 0.4) is 0 Å². The summed E-state index contributed by atoms with van der Waals surface area (Å²) in [6, 6.07) is -1.48. The molecule has 2 unspecified atom stereocenters. The number of carbonyl (C=O) groups excluding carboxylic acids is 3. The second kappa shape index (κ2) is 13.8. The largest absolute Gasteiger partial charge is 0.352 e. The Morgan fingerprint density at radius 2 is 1.58 bits per heavy atom. The van der Waals surface area contributed by atoms with Crippen LogP contribution < -0.4 is 21.7 Å². The average Bonchev–Trinajstić information content (AvgIpc) is 2.51. The Morgan fingerprint density at radius 3 is 1.96 bits per heavy atom. The molecule has 2 atom stereocenters. The number of nitrogens with two attached hydrogens (primary N) is 1. The van der Waals surface area contributed by atoms with Crippen LogP contribution in [0.25, 0.3) is 0 Å². The Kier molecular flexibility index (Phi) is 14.1. The Labute approximate surface area is 146 Å². The molecule has 7 nitrogen and oxygen atoms in total. The Hall–Kier alpha value is -1.63. The Bertz CT molecular complexity index is 384. The molecule has 7 heteroatoms. The van der Waals surface area contributed by atoms with Crippen molar-refractivity contribution < 1.29 is 14.4 Å². The van der Waals surface area contributed by atoms with E-state index in [0.29, 0.717) is 19.4 Å². The van der Waals surface area contributed by atoms with Gasteiger partial charge in [-0.2, -0.15) is 0 Å². The summed E-state index contributed by atoms with van der Waals surface area (Å²) >= 11 is 0. The van der Waals surface area contributed by atoms with Gasteiger partial charge in [-0.25, -0.2) is 4.79 Å². The molecule has 0 aromatic carbocycles. The fourth-order valence-corrected chi connectivity index (χ4v) is 2.23. The molecule has 0 fully saturated rings. The zero-order chi connectivity index (χ0) is 19.3. The molecule has 0 aromatic heterocycles. The maximum atomic E-state index is 12.3. The Balaban J connectivity index is 0. The number of ketones is 1. The lowest BCUT2D eigenvalue weighted by Crippen LogP contribution is -2.52. The molecule has 5 N–H and O–H groups in total. The predicted octanol–water partition coefficient (Wildman–Crippen LogP) is 1.42. The van der Waals surface area contributed by atoms with E-state index in [1.807, 2.05) is 27.7 Å². The monoisotopic (exact) mass is 344 g/mol. The molecule has 142 valence electrons. The van der Waals surface area contributed by atoms with Crippen molar-refractivity contribution in [1.82, 2.24) is 16.0 Å². The topological polar surface area (TPSA) is 113 Å². The van der Waals surface area contributed by atoms with E-state index in [0.717, 1.165) is 0 Å². The molecule has 0 aliphatic rings. The number of hydrogen-bond acceptors (Lipinski definition) is 4. The van der Waals surface area contributed by atoms with Gasteiger partial charge >= 0.3 is 6.03 Å². The van der Waals surface area contributed by atoms with Gasteiger partial charge in [-0.15, -0.1) is 0 Å². The van der Waals surface area contributed by atoms with E-state index in [2.05, 4.69) is 16.0 Å². The maximum Gasteiger partial charge on any atom is 0.312 e. The van der Waals surface area contributed by atoms with Crippen molar-refractivity contribution in [3.8, 4) is 0 Å². The summed E-state index contributed by atoms with van der Waals surface area (Å²) in [5.41, 5.74) is 4.99. The van der Waals surface area contributed by atoms with Crippen molar-refractivity contribution in [1.29, 1.82) is 0 Å². The molecule has 3 amide bonds. The molecule has 0 bridgehead atoms. The van der Waals surface area contributed by atoms with Gasteiger partial charge in [0.05, 0.1) is 12.1 Å². The van der Waals surface area contributed by atoms with E-state index in [1.165, 1.54) is 0 Å². The summed E-state index contributed by atoms with van der Waals surface area (Å²) in [6.07, 6.45) is 1.04. The second-order valence-electron chi connectivity index (χ2n) is 6.06. The average molecular weight is 345 g/mol. The SMILES string of the molecule is CC.CNC(C(=O)NC(CCCNC(N)=O)C(=O)C(C)C)C(C)C. The first-order valence-electron chi connectivity index (χ1n) is 8.75. The molecule has 0 rings (SSSR count). The van der Waals surface area contributed by atoms with E-state index in [4.69, 9.17) is 5.73 Å². The zero-order valence-corrected chi connectivity index (χ0v) is 16.2. The van der Waals surface area contributed by atoms with Crippen molar-refractivity contribution in [3.63, 3.8) is 0 Å². The zero-order valence-electron chi connectivity index (χ0n) is 16.2. The molecular weight excluding hydrogens is 308 g/mol. The van der Waals surface area contributed by atoms with Crippen LogP contribution in [0.2, 0.25) is 0 Å². The highest BCUT2D eigenvalue weighted by molar-refractivity contribution is 5.91. The molecule has 0 radical (unpaired) electrons. The van der Waals surface area contributed by atoms with Gasteiger partial charge in [0.1, 0.15) is 0 Å². The summed E-state index contributed by atoms with van der Waals surface area (Å²) in [6.45, 7) is 11.9. The van der Waals surface area contributed by atoms with Crippen molar-refractivity contribution in [3.05, 3.63) is 0 Å². The predicted molar refractivity (Wildman–Crippen MR) is 97.6 cm³/mol. The third kappa shape index (κ3) is 10.2. The highest BCUT2D eigenvalue weighted by Gasteiger charge is 2.27. The van der Waals surface area contributed by atoms with Crippen LogP contribution in [0, 0.1) is 11.8 Å². The van der Waals surface area contributed by atoms with Crippen molar-refractivity contribution in [2.75, 3.05) is 13.6 Å². The minimum atomic E-state index is -0.592. The molecule has 0 saturated heterocycles. The molecule has 0 aliphatic carbocycles. The first kappa shape index (κ1) is 24.6. The lowest BCUT2D eigenvalue weighted by Gasteiger charge is -2.25. The molecular formula is C17H36N4O3. The number of urea groups is 1. The highest BCUT2D eigenvalue weighted by Crippen LogP contribution is 2.08. The normalized spacial score (nSPS) is 12.9. The van der Waals surface area contributed by atoms with Crippen LogP contribution in [-0.4, -0.2) is 43.4 Å². The summed E-state index contributed by atoms with van der Waals surface area (Å²) in [5.74, 6) is -0.233. The van der Waals surface area contributed by atoms with Crippen LogP contribution in [0.1, 0.15) is 54.4 Å². The van der Waals surface area contributed by atoms with Crippen LogP contribution in [0.4, 0.5) is 4.79 Å². The van der Waals surface area contributed by atoms with Gasteiger partial charge in [0.15, 0.2) is 5.78 Å². The van der Waals surface area contributed by atoms with Crippen LogP contribution >= 0.6 is 0 Å². The first-order chi connectivity index (χ1) is 11.2. The number of amides is 3. The van der Waals surface area contributed by atoms with E-state index < -0.39 is 12.1 Å². The number of Topliss-reactive ketones (excluding diaryl/α,β-unsaturated/α-hetero) is 1. The molecule has 24 heavy (non-hydrogen) atoms. The van der Waals surface area contributed by atoms with Crippen LogP contribution in [0.5, 0.6) is 0 Å². The fourth-order valence-electron chi connectivity index (χ4n) is 2.23. The van der Waals surface area contributed by atoms with Gasteiger partial charge in [0, 0.05) is 12.5 Å². The van der Waals surface area contributed by atoms with E-state index in [1.54, 1.807) is 20.9 Å². The third-order valence-corrected chi connectivity index (χ3v) is 3.46. The van der Waals surface area contributed by atoms with Gasteiger partial charge in [-0.3, -0.25) is 9.59 Å². The molecule has 0 aromatic rings. The first-order valence-corrected chi connectivity index (χ1v) is 8.75. The van der Waals surface area contributed by atoms with Gasteiger partial charge in [-0.1, -0.05) is 41.5 Å². The summed E-state index contributed by atoms with van der Waals surface area (Å²) < 4.78 is 0. The van der Waals surface area contributed by atoms with Gasteiger partial charge in [-0.05, 0) is 25.8 Å². The minimum Gasteiger partial charge on any atom is -0.352 e. The highest BCUT2D eigenvalue weighted by atomic mass is 16.2. The minimum absolute atomic E-state index is 0.00830. The number of primary amides is 1. The summed E-state index contributed by atoms with van der Waals surface area (Å²) in [4.78, 5) is 35.2. The van der Waals surface area contributed by atoms with Crippen LogP contribution in [-0.2, 0) is 9.59 Å². The van der Waals surface area contributed by atoms with Crippen molar-refractivity contribution in [2.24, 2.45) is 17.6 Å². The molecule has 0 spiro atoms. The number of nitrogens with one attached hydrogen (secondary N) is 3. The second-order valence-corrected chi connectivity index (χ2v) is 6.06. The molecule has 0 heterocycles. The smallest absolute Gasteiger partial charge is 0.312 e.